The average Bonchev–Trinajstić information content (AvgIpc) is 3.44. The molecule has 0 aliphatic heterocycles. The number of fused-ring (bicyclic) bond motifs is 4. The highest BCUT2D eigenvalue weighted by atomic mass is 16.6. The summed E-state index contributed by atoms with van der Waals surface area (Å²) in [5.74, 6) is -2.59. The van der Waals surface area contributed by atoms with Crippen LogP contribution in [0.2, 0.25) is 0 Å². The number of hydrogen-bond donors (Lipinski definition) is 1. The third-order valence-electron chi connectivity index (χ3n) is 11.8. The second-order valence-corrected chi connectivity index (χ2v) is 17.3. The van der Waals surface area contributed by atoms with E-state index >= 15 is 0 Å². The van der Waals surface area contributed by atoms with Gasteiger partial charge in [0.1, 0.15) is 11.5 Å². The molecule has 0 unspecified atom stereocenters. The molecule has 0 radical (unpaired) electrons. The zero-order valence-electron chi connectivity index (χ0n) is 41.8. The fraction of sp³-hybridized carbons (Fsp3) is 0.213. The third-order valence-corrected chi connectivity index (χ3v) is 11.8. The lowest BCUT2D eigenvalue weighted by atomic mass is 10.0. The summed E-state index contributed by atoms with van der Waals surface area (Å²) in [5, 5.41) is 9.18. The first-order chi connectivity index (χ1) is 36.5. The van der Waals surface area contributed by atoms with E-state index in [0.29, 0.717) is 49.0 Å². The first-order valence-electron chi connectivity index (χ1n) is 24.7. The summed E-state index contributed by atoms with van der Waals surface area (Å²) in [6.45, 7) is 13.6. The fourth-order valence-electron chi connectivity index (χ4n) is 7.93. The number of hydrogen-bond acceptors (Lipinski definition) is 14. The monoisotopic (exact) mass is 1010 g/mol. The molecular weight excluding hydrogens is 953 g/mol. The maximum Gasteiger partial charge on any atom is 0.343 e. The van der Waals surface area contributed by atoms with Crippen LogP contribution in [0.15, 0.2) is 170 Å². The van der Waals surface area contributed by atoms with Crippen LogP contribution < -0.4 is 29.1 Å². The van der Waals surface area contributed by atoms with Gasteiger partial charge in [0.2, 0.25) is 0 Å². The summed E-state index contributed by atoms with van der Waals surface area (Å²) in [6, 6.07) is 37.6. The predicted molar refractivity (Wildman–Crippen MR) is 290 cm³/mol. The molecule has 0 amide bonds. The highest BCUT2D eigenvalue weighted by Gasteiger charge is 2.28. The standard InChI is InChI=1S/C61H58N2O12/c1-5-54(64)71-37-19-9-7-17-35-69-45-31-27-42(28-32-45)60(67)73-56-50-25-15-16-26-51(50)57(75-61(68)43-29-33-46(34-30-43)70-36-18-8-10-20-38-72-55(65)6-2)58(74-59(66)41(3)4)52(56)40-62-63-53-39-44-21-11-12-22-47(44)48-23-13-14-24-49(48)53/h5-6,11-16,21-34,39-40,63H,1-3,7-10,17-20,35-38H2,4H3/b62-40+. The summed E-state index contributed by atoms with van der Waals surface area (Å²) in [6.07, 6.45) is 10.1. The highest BCUT2D eigenvalue weighted by Crippen LogP contribution is 2.46. The second kappa shape index (κ2) is 27.1. The highest BCUT2D eigenvalue weighted by molar-refractivity contribution is 6.13. The molecule has 75 heavy (non-hydrogen) atoms. The van der Waals surface area contributed by atoms with E-state index in [1.54, 1.807) is 72.8 Å². The lowest BCUT2D eigenvalue weighted by Crippen LogP contribution is -2.16. The van der Waals surface area contributed by atoms with E-state index in [1.165, 1.54) is 13.1 Å². The Kier molecular flexibility index (Phi) is 19.4. The molecule has 7 aromatic rings. The van der Waals surface area contributed by atoms with Gasteiger partial charge >= 0.3 is 29.8 Å². The molecule has 0 aromatic heterocycles. The molecule has 0 saturated heterocycles. The topological polar surface area (TPSA) is 174 Å². The van der Waals surface area contributed by atoms with E-state index in [0.717, 1.165) is 85.1 Å². The predicted octanol–water partition coefficient (Wildman–Crippen LogP) is 12.8. The van der Waals surface area contributed by atoms with Crippen molar-refractivity contribution in [1.29, 1.82) is 0 Å². The fourth-order valence-corrected chi connectivity index (χ4v) is 7.93. The molecule has 0 atom stereocenters. The van der Waals surface area contributed by atoms with Crippen molar-refractivity contribution in [2.45, 2.75) is 58.3 Å². The van der Waals surface area contributed by atoms with Crippen molar-refractivity contribution in [3.8, 4) is 28.7 Å². The van der Waals surface area contributed by atoms with E-state index < -0.39 is 29.8 Å². The Bertz CT molecular complexity index is 3230. The van der Waals surface area contributed by atoms with Crippen molar-refractivity contribution in [2.75, 3.05) is 31.9 Å². The van der Waals surface area contributed by atoms with Gasteiger partial charge in [0, 0.05) is 33.9 Å². The molecule has 0 aliphatic carbocycles. The number of benzene rings is 7. The molecule has 0 bridgehead atoms. The van der Waals surface area contributed by atoms with Crippen LogP contribution >= 0.6 is 0 Å². The Morgan fingerprint density at radius 2 is 0.960 bits per heavy atom. The summed E-state index contributed by atoms with van der Waals surface area (Å²) in [5.41, 5.74) is 4.23. The Morgan fingerprint density at radius 1 is 0.507 bits per heavy atom. The van der Waals surface area contributed by atoms with E-state index in [-0.39, 0.29) is 44.9 Å². The summed E-state index contributed by atoms with van der Waals surface area (Å²) in [7, 11) is 0. The number of nitrogens with one attached hydrogen (secondary N) is 1. The van der Waals surface area contributed by atoms with Crippen molar-refractivity contribution in [3.05, 3.63) is 182 Å². The van der Waals surface area contributed by atoms with Gasteiger partial charge in [-0.2, -0.15) is 5.10 Å². The van der Waals surface area contributed by atoms with E-state index in [9.17, 15) is 24.0 Å². The van der Waals surface area contributed by atoms with Crippen molar-refractivity contribution in [2.24, 2.45) is 5.10 Å². The van der Waals surface area contributed by atoms with Gasteiger partial charge in [0.15, 0.2) is 17.2 Å². The Hall–Kier alpha value is -9.04. The first kappa shape index (κ1) is 53.8. The van der Waals surface area contributed by atoms with Gasteiger partial charge in [0.05, 0.1) is 55.0 Å². The average molecular weight is 1010 g/mol. The summed E-state index contributed by atoms with van der Waals surface area (Å²) < 4.78 is 40.4. The van der Waals surface area contributed by atoms with Gasteiger partial charge in [-0.15, -0.1) is 0 Å². The lowest BCUT2D eigenvalue weighted by Gasteiger charge is -2.20. The Balaban J connectivity index is 1.17. The number of anilines is 1. The molecule has 14 heteroatoms. The number of esters is 5. The number of ether oxygens (including phenoxy) is 7. The van der Waals surface area contributed by atoms with Gasteiger partial charge in [-0.1, -0.05) is 92.5 Å². The SMILES string of the molecule is C=CC(=O)OCCCCCCOc1ccc(C(=O)Oc2c(/C=N/Nc3cc4ccccc4c4ccccc34)c(OC(=O)C(=C)C)c(OC(=O)c3ccc(OCCCCCCOC(=O)C=C)cc3)c3ccccc23)cc1. The molecule has 0 aliphatic rings. The molecule has 0 fully saturated rings. The van der Waals surface area contributed by atoms with Gasteiger partial charge in [0.25, 0.3) is 0 Å². The van der Waals surface area contributed by atoms with Crippen LogP contribution in [0.1, 0.15) is 84.6 Å². The molecule has 0 spiro atoms. The number of carbonyl (C=O) groups excluding carboxylic acids is 5. The first-order valence-corrected chi connectivity index (χ1v) is 24.7. The van der Waals surface area contributed by atoms with Crippen molar-refractivity contribution in [1.82, 2.24) is 0 Å². The number of unbranched alkanes of at least 4 members (excludes halogenated alkanes) is 6. The van der Waals surface area contributed by atoms with Crippen molar-refractivity contribution in [3.63, 3.8) is 0 Å². The largest absolute Gasteiger partial charge is 0.494 e. The summed E-state index contributed by atoms with van der Waals surface area (Å²) in [4.78, 5) is 64.5. The van der Waals surface area contributed by atoms with E-state index in [1.807, 2.05) is 54.6 Å². The van der Waals surface area contributed by atoms with Gasteiger partial charge < -0.3 is 33.2 Å². The zero-order valence-corrected chi connectivity index (χ0v) is 41.8. The molecule has 7 aromatic carbocycles. The quantitative estimate of drug-likeness (QED) is 0.00981. The van der Waals surface area contributed by atoms with Crippen LogP contribution in [-0.2, 0) is 23.9 Å². The number of rotatable bonds is 27. The maximum atomic E-state index is 14.2. The lowest BCUT2D eigenvalue weighted by molar-refractivity contribution is -0.138. The van der Waals surface area contributed by atoms with Crippen LogP contribution in [0.25, 0.3) is 32.3 Å². The molecule has 0 saturated carbocycles. The van der Waals surface area contributed by atoms with Gasteiger partial charge in [-0.05, 0) is 129 Å². The smallest absolute Gasteiger partial charge is 0.343 e. The van der Waals surface area contributed by atoms with Gasteiger partial charge in [-0.3, -0.25) is 5.43 Å². The van der Waals surface area contributed by atoms with Gasteiger partial charge in [-0.25, -0.2) is 24.0 Å². The molecule has 7 rings (SSSR count). The van der Waals surface area contributed by atoms with Crippen molar-refractivity contribution < 1.29 is 57.1 Å². The number of hydrazone groups is 1. The van der Waals surface area contributed by atoms with Crippen LogP contribution in [0.4, 0.5) is 5.69 Å². The minimum absolute atomic E-state index is 0.00242. The molecule has 384 valence electrons. The molecule has 1 N–H and O–H groups in total. The zero-order chi connectivity index (χ0) is 52.9. The van der Waals surface area contributed by atoms with E-state index in [2.05, 4.69) is 30.3 Å². The summed E-state index contributed by atoms with van der Waals surface area (Å²) >= 11 is 0. The Labute approximate surface area is 435 Å². The minimum Gasteiger partial charge on any atom is -0.494 e. The molecule has 14 nitrogen and oxygen atoms in total. The minimum atomic E-state index is -0.842. The molecular formula is C61H58N2O12. The second-order valence-electron chi connectivity index (χ2n) is 17.3. The van der Waals surface area contributed by atoms with Crippen molar-refractivity contribution >= 4 is 74.1 Å². The van der Waals surface area contributed by atoms with Crippen LogP contribution in [0.5, 0.6) is 28.7 Å². The Morgan fingerprint density at radius 3 is 1.48 bits per heavy atom. The van der Waals surface area contributed by atoms with Crippen LogP contribution in [0, 0.1) is 0 Å². The van der Waals surface area contributed by atoms with E-state index in [4.69, 9.17) is 33.2 Å². The van der Waals surface area contributed by atoms with Crippen LogP contribution in [-0.4, -0.2) is 62.5 Å². The number of carbonyl (C=O) groups is 5. The normalized spacial score (nSPS) is 10.9. The number of nitrogens with zero attached hydrogens (tertiary/aromatic N) is 1. The maximum absolute atomic E-state index is 14.2. The van der Waals surface area contributed by atoms with Crippen LogP contribution in [0.3, 0.4) is 0 Å². The molecule has 0 heterocycles. The third kappa shape index (κ3) is 14.8.